The number of nitrogens with zero attached hydrogens (tertiary/aromatic N) is 1. The van der Waals surface area contributed by atoms with Crippen LogP contribution in [0.5, 0.6) is 0 Å². The maximum absolute atomic E-state index is 11.6. The summed E-state index contributed by atoms with van der Waals surface area (Å²) in [6.45, 7) is 0. The van der Waals surface area contributed by atoms with Crippen LogP contribution in [-0.2, 0) is 20.8 Å². The number of nitrogen functional groups attached to an aromatic ring is 1. The van der Waals surface area contributed by atoms with Gasteiger partial charge in [-0.25, -0.2) is 9.78 Å². The first kappa shape index (κ1) is 14.9. The average molecular weight is 287 g/mol. The van der Waals surface area contributed by atoms with Crippen LogP contribution in [0.15, 0.2) is 5.38 Å². The van der Waals surface area contributed by atoms with Gasteiger partial charge in [-0.15, -0.1) is 11.3 Å². The fourth-order valence-corrected chi connectivity index (χ4v) is 1.90. The Morgan fingerprint density at radius 2 is 2.11 bits per heavy atom. The number of thiazole rings is 1. The highest BCUT2D eigenvalue weighted by Crippen LogP contribution is 2.11. The van der Waals surface area contributed by atoms with Crippen molar-refractivity contribution in [2.24, 2.45) is 0 Å². The quantitative estimate of drug-likeness (QED) is 0.539. The van der Waals surface area contributed by atoms with Gasteiger partial charge in [-0.2, -0.15) is 0 Å². The summed E-state index contributed by atoms with van der Waals surface area (Å²) in [5, 5.41) is 21.5. The topological polar surface area (TPSA) is 143 Å². The van der Waals surface area contributed by atoms with Crippen LogP contribution in [0.1, 0.15) is 18.5 Å². The van der Waals surface area contributed by atoms with E-state index in [-0.39, 0.29) is 19.3 Å². The number of carboxylic acid groups (broad SMARTS) is 2. The van der Waals surface area contributed by atoms with Crippen molar-refractivity contribution in [3.05, 3.63) is 11.1 Å². The van der Waals surface area contributed by atoms with Crippen molar-refractivity contribution < 1.29 is 24.6 Å². The van der Waals surface area contributed by atoms with Gasteiger partial charge in [0.25, 0.3) is 0 Å². The maximum atomic E-state index is 11.6. The van der Waals surface area contributed by atoms with Crippen LogP contribution in [0, 0.1) is 0 Å². The zero-order valence-corrected chi connectivity index (χ0v) is 10.6. The highest BCUT2D eigenvalue weighted by atomic mass is 32.1. The van der Waals surface area contributed by atoms with E-state index in [1.54, 1.807) is 5.38 Å². The Labute approximate surface area is 112 Å². The third kappa shape index (κ3) is 5.34. The lowest BCUT2D eigenvalue weighted by Gasteiger charge is -2.12. The van der Waals surface area contributed by atoms with Crippen molar-refractivity contribution >= 4 is 34.3 Å². The predicted octanol–water partition coefficient (Wildman–Crippen LogP) is -0.298. The van der Waals surface area contributed by atoms with Gasteiger partial charge >= 0.3 is 11.9 Å². The SMILES string of the molecule is Nc1nc(CC(=O)NC(CCC(=O)O)C(=O)O)cs1. The van der Waals surface area contributed by atoms with Crippen LogP contribution in [0.4, 0.5) is 5.13 Å². The summed E-state index contributed by atoms with van der Waals surface area (Å²) in [4.78, 5) is 36.7. The Morgan fingerprint density at radius 1 is 1.42 bits per heavy atom. The molecule has 104 valence electrons. The number of nitrogens with two attached hydrogens (primary N) is 1. The minimum atomic E-state index is -1.27. The smallest absolute Gasteiger partial charge is 0.326 e. The van der Waals surface area contributed by atoms with Crippen LogP contribution < -0.4 is 11.1 Å². The molecule has 1 aromatic heterocycles. The van der Waals surface area contributed by atoms with Crippen molar-refractivity contribution in [3.8, 4) is 0 Å². The number of carboxylic acids is 2. The van der Waals surface area contributed by atoms with Gasteiger partial charge < -0.3 is 21.3 Å². The Hall–Kier alpha value is -2.16. The van der Waals surface area contributed by atoms with Gasteiger partial charge in [0, 0.05) is 11.8 Å². The van der Waals surface area contributed by atoms with Gasteiger partial charge in [0.05, 0.1) is 12.1 Å². The van der Waals surface area contributed by atoms with Crippen molar-refractivity contribution in [2.75, 3.05) is 5.73 Å². The third-order valence-corrected chi connectivity index (χ3v) is 2.91. The Bertz CT molecular complexity index is 487. The first-order chi connectivity index (χ1) is 8.88. The number of aromatic nitrogens is 1. The fraction of sp³-hybridized carbons (Fsp3) is 0.400. The van der Waals surface area contributed by atoms with E-state index in [0.29, 0.717) is 10.8 Å². The van der Waals surface area contributed by atoms with Crippen molar-refractivity contribution in [1.29, 1.82) is 0 Å². The van der Waals surface area contributed by atoms with Crippen molar-refractivity contribution in [3.63, 3.8) is 0 Å². The van der Waals surface area contributed by atoms with E-state index in [1.165, 1.54) is 11.3 Å². The number of hydrogen-bond acceptors (Lipinski definition) is 6. The minimum Gasteiger partial charge on any atom is -0.481 e. The van der Waals surface area contributed by atoms with Crippen LogP contribution in [0.25, 0.3) is 0 Å². The monoisotopic (exact) mass is 287 g/mol. The summed E-state index contributed by atoms with van der Waals surface area (Å²) >= 11 is 1.18. The number of anilines is 1. The van der Waals surface area contributed by atoms with Crippen LogP contribution in [0.3, 0.4) is 0 Å². The first-order valence-corrected chi connectivity index (χ1v) is 6.20. The largest absolute Gasteiger partial charge is 0.481 e. The standard InChI is InChI=1S/C10H13N3O5S/c11-10-12-5(4-19-10)3-7(14)13-6(9(17)18)1-2-8(15)16/h4,6H,1-3H2,(H2,11,12)(H,13,14)(H,15,16)(H,17,18). The lowest BCUT2D eigenvalue weighted by atomic mass is 10.1. The lowest BCUT2D eigenvalue weighted by molar-refractivity contribution is -0.143. The number of amides is 1. The number of aliphatic carboxylic acids is 2. The molecule has 0 spiro atoms. The lowest BCUT2D eigenvalue weighted by Crippen LogP contribution is -2.41. The van der Waals surface area contributed by atoms with Gasteiger partial charge in [-0.3, -0.25) is 9.59 Å². The molecule has 0 aliphatic rings. The summed E-state index contributed by atoms with van der Waals surface area (Å²) in [5.74, 6) is -2.93. The second-order valence-electron chi connectivity index (χ2n) is 3.74. The molecular weight excluding hydrogens is 274 g/mol. The number of rotatable bonds is 7. The van der Waals surface area contributed by atoms with E-state index in [0.717, 1.165) is 0 Å². The molecule has 9 heteroatoms. The summed E-state index contributed by atoms with van der Waals surface area (Å²) in [5.41, 5.74) is 5.85. The molecule has 0 aliphatic carbocycles. The molecule has 1 unspecified atom stereocenters. The normalized spacial score (nSPS) is 11.8. The van der Waals surface area contributed by atoms with Gasteiger partial charge in [0.15, 0.2) is 5.13 Å². The van der Waals surface area contributed by atoms with E-state index < -0.39 is 23.9 Å². The van der Waals surface area contributed by atoms with Crippen molar-refractivity contribution in [2.45, 2.75) is 25.3 Å². The molecule has 0 saturated carbocycles. The Balaban J connectivity index is 2.51. The summed E-state index contributed by atoms with van der Waals surface area (Å²) < 4.78 is 0. The predicted molar refractivity (Wildman–Crippen MR) is 66.7 cm³/mol. The molecule has 0 saturated heterocycles. The summed E-state index contributed by atoms with van der Waals surface area (Å²) in [6.07, 6.45) is -0.596. The highest BCUT2D eigenvalue weighted by Gasteiger charge is 2.21. The van der Waals surface area contributed by atoms with E-state index in [2.05, 4.69) is 10.3 Å². The van der Waals surface area contributed by atoms with Crippen LogP contribution in [0.2, 0.25) is 0 Å². The van der Waals surface area contributed by atoms with E-state index in [9.17, 15) is 14.4 Å². The molecule has 0 aliphatic heterocycles. The zero-order chi connectivity index (χ0) is 14.4. The third-order valence-electron chi connectivity index (χ3n) is 2.19. The summed E-state index contributed by atoms with van der Waals surface area (Å²) in [6, 6.07) is -1.22. The maximum Gasteiger partial charge on any atom is 0.326 e. The van der Waals surface area contributed by atoms with Gasteiger partial charge in [-0.1, -0.05) is 0 Å². The van der Waals surface area contributed by atoms with E-state index in [4.69, 9.17) is 15.9 Å². The molecule has 1 heterocycles. The van der Waals surface area contributed by atoms with E-state index in [1.807, 2.05) is 0 Å². The molecule has 1 amide bonds. The Kier molecular flexibility index (Phi) is 5.24. The number of carbonyl (C=O) groups excluding carboxylic acids is 1. The second kappa shape index (κ2) is 6.69. The summed E-state index contributed by atoms with van der Waals surface area (Å²) in [7, 11) is 0. The van der Waals surface area contributed by atoms with Gasteiger partial charge in [0.2, 0.25) is 5.91 Å². The number of hydrogen-bond donors (Lipinski definition) is 4. The molecule has 1 rings (SSSR count). The molecule has 5 N–H and O–H groups in total. The van der Waals surface area contributed by atoms with Gasteiger partial charge in [0.1, 0.15) is 6.04 Å². The first-order valence-electron chi connectivity index (χ1n) is 5.32. The number of carbonyl (C=O) groups is 3. The molecule has 1 aromatic rings. The van der Waals surface area contributed by atoms with Crippen LogP contribution >= 0.6 is 11.3 Å². The highest BCUT2D eigenvalue weighted by molar-refractivity contribution is 7.13. The molecule has 8 nitrogen and oxygen atoms in total. The molecule has 0 fully saturated rings. The molecular formula is C10H13N3O5S. The fourth-order valence-electron chi connectivity index (χ4n) is 1.34. The molecule has 0 aromatic carbocycles. The Morgan fingerprint density at radius 3 is 2.58 bits per heavy atom. The molecule has 19 heavy (non-hydrogen) atoms. The molecule has 0 radical (unpaired) electrons. The van der Waals surface area contributed by atoms with Crippen molar-refractivity contribution in [1.82, 2.24) is 10.3 Å². The second-order valence-corrected chi connectivity index (χ2v) is 4.63. The van der Waals surface area contributed by atoms with E-state index >= 15 is 0 Å². The van der Waals surface area contributed by atoms with Crippen LogP contribution in [-0.4, -0.2) is 39.1 Å². The minimum absolute atomic E-state index is 0.0927. The van der Waals surface area contributed by atoms with Gasteiger partial charge in [-0.05, 0) is 6.42 Å². The zero-order valence-electron chi connectivity index (χ0n) is 9.83. The number of nitrogens with one attached hydrogen (secondary N) is 1. The average Bonchev–Trinajstić information content (AvgIpc) is 2.69. The molecule has 1 atom stereocenters. The molecule has 0 bridgehead atoms.